The quantitative estimate of drug-likeness (QED) is 0.295. The minimum Gasteiger partial charge on any atom is -0.457 e. The van der Waals surface area contributed by atoms with Crippen LogP contribution >= 0.6 is 11.3 Å². The van der Waals surface area contributed by atoms with Gasteiger partial charge in [-0.15, -0.1) is 10.2 Å². The smallest absolute Gasteiger partial charge is 0.270 e. The van der Waals surface area contributed by atoms with Crippen LogP contribution in [-0.2, 0) is 0 Å². The van der Waals surface area contributed by atoms with Gasteiger partial charge < -0.3 is 10.1 Å². The summed E-state index contributed by atoms with van der Waals surface area (Å²) in [5.74, 6) is 1.05. The van der Waals surface area contributed by atoms with Gasteiger partial charge in [0.1, 0.15) is 16.5 Å². The number of nitro benzene ring substituents is 2. The van der Waals surface area contributed by atoms with Crippen LogP contribution in [-0.4, -0.2) is 20.0 Å². The molecule has 3 aromatic carbocycles. The topological polar surface area (TPSA) is 133 Å². The second-order valence-corrected chi connectivity index (χ2v) is 7.20. The maximum absolute atomic E-state index is 10.9. The highest BCUT2D eigenvalue weighted by atomic mass is 32.1. The minimum absolute atomic E-state index is 0.00608. The Kier molecular flexibility index (Phi) is 5.49. The van der Waals surface area contributed by atoms with Crippen LogP contribution in [0.1, 0.15) is 0 Å². The fourth-order valence-corrected chi connectivity index (χ4v) is 3.40. The zero-order valence-electron chi connectivity index (χ0n) is 15.7. The number of hydrogen-bond acceptors (Lipinski definition) is 9. The van der Waals surface area contributed by atoms with Gasteiger partial charge in [-0.2, -0.15) is 0 Å². The van der Waals surface area contributed by atoms with E-state index in [1.165, 1.54) is 47.7 Å². The molecule has 1 heterocycles. The first-order chi connectivity index (χ1) is 15.0. The van der Waals surface area contributed by atoms with Crippen LogP contribution in [0.4, 0.5) is 22.2 Å². The summed E-state index contributed by atoms with van der Waals surface area (Å²) < 4.78 is 5.68. The van der Waals surface area contributed by atoms with E-state index in [1.54, 1.807) is 36.4 Å². The highest BCUT2D eigenvalue weighted by molar-refractivity contribution is 7.18. The molecule has 1 N–H and O–H groups in total. The number of rotatable bonds is 7. The predicted octanol–water partition coefficient (Wildman–Crippen LogP) is 5.56. The molecule has 11 heteroatoms. The summed E-state index contributed by atoms with van der Waals surface area (Å²) in [5.41, 5.74) is 1.35. The Morgan fingerprint density at radius 1 is 0.806 bits per heavy atom. The fraction of sp³-hybridized carbons (Fsp3) is 0. The van der Waals surface area contributed by atoms with E-state index < -0.39 is 9.85 Å². The highest BCUT2D eigenvalue weighted by Gasteiger charge is 2.12. The molecule has 0 aliphatic heterocycles. The van der Waals surface area contributed by atoms with Crippen molar-refractivity contribution in [3.63, 3.8) is 0 Å². The molecular weight excluding hydrogens is 422 g/mol. The first-order valence-electron chi connectivity index (χ1n) is 8.86. The third kappa shape index (κ3) is 4.79. The molecule has 0 spiro atoms. The zero-order chi connectivity index (χ0) is 21.8. The number of ether oxygens (including phenoxy) is 1. The molecule has 0 radical (unpaired) electrons. The van der Waals surface area contributed by atoms with Gasteiger partial charge in [-0.3, -0.25) is 20.2 Å². The van der Waals surface area contributed by atoms with Crippen LogP contribution < -0.4 is 10.1 Å². The molecule has 0 bridgehead atoms. The Morgan fingerprint density at radius 2 is 1.45 bits per heavy atom. The van der Waals surface area contributed by atoms with E-state index in [0.717, 1.165) is 5.69 Å². The van der Waals surface area contributed by atoms with Crippen molar-refractivity contribution >= 4 is 33.5 Å². The van der Waals surface area contributed by atoms with Gasteiger partial charge in [0.2, 0.25) is 5.13 Å². The molecule has 4 rings (SSSR count). The van der Waals surface area contributed by atoms with E-state index in [-0.39, 0.29) is 11.4 Å². The lowest BCUT2D eigenvalue weighted by atomic mass is 10.2. The first kappa shape index (κ1) is 19.9. The molecule has 31 heavy (non-hydrogen) atoms. The maximum Gasteiger partial charge on any atom is 0.270 e. The summed E-state index contributed by atoms with van der Waals surface area (Å²) in [6, 6.07) is 19.1. The van der Waals surface area contributed by atoms with Crippen molar-refractivity contribution in [2.45, 2.75) is 0 Å². The second kappa shape index (κ2) is 8.55. The Morgan fingerprint density at radius 3 is 2.10 bits per heavy atom. The first-order valence-corrected chi connectivity index (χ1v) is 9.67. The second-order valence-electron chi connectivity index (χ2n) is 6.22. The van der Waals surface area contributed by atoms with E-state index in [9.17, 15) is 20.2 Å². The van der Waals surface area contributed by atoms with Crippen molar-refractivity contribution in [2.75, 3.05) is 5.32 Å². The number of nitrogens with zero attached hydrogens (tertiary/aromatic N) is 4. The number of benzene rings is 3. The van der Waals surface area contributed by atoms with Crippen molar-refractivity contribution in [2.24, 2.45) is 0 Å². The summed E-state index contributed by atoms with van der Waals surface area (Å²) in [6.45, 7) is 0. The Labute approximate surface area is 179 Å². The van der Waals surface area contributed by atoms with E-state index >= 15 is 0 Å². The molecule has 1 aromatic heterocycles. The Bertz CT molecular complexity index is 1240. The number of anilines is 2. The van der Waals surface area contributed by atoms with Crippen LogP contribution in [0, 0.1) is 20.2 Å². The number of aromatic nitrogens is 2. The third-order valence-electron chi connectivity index (χ3n) is 4.12. The van der Waals surface area contributed by atoms with Gasteiger partial charge in [0.25, 0.3) is 11.4 Å². The number of non-ortho nitro benzene ring substituents is 2. The Hall–Kier alpha value is -4.38. The van der Waals surface area contributed by atoms with Crippen molar-refractivity contribution in [1.29, 1.82) is 0 Å². The number of hydrogen-bond donors (Lipinski definition) is 1. The molecule has 0 atom stereocenters. The summed E-state index contributed by atoms with van der Waals surface area (Å²) in [6.07, 6.45) is 0. The van der Waals surface area contributed by atoms with Gasteiger partial charge in [0.05, 0.1) is 9.85 Å². The van der Waals surface area contributed by atoms with Gasteiger partial charge in [0, 0.05) is 35.5 Å². The third-order valence-corrected chi connectivity index (χ3v) is 5.01. The van der Waals surface area contributed by atoms with E-state index in [1.807, 2.05) is 0 Å². The van der Waals surface area contributed by atoms with E-state index in [2.05, 4.69) is 15.5 Å². The van der Waals surface area contributed by atoms with Gasteiger partial charge in [-0.05, 0) is 36.4 Å². The summed E-state index contributed by atoms with van der Waals surface area (Å²) in [7, 11) is 0. The van der Waals surface area contributed by atoms with E-state index in [0.29, 0.717) is 27.2 Å². The molecule has 0 fully saturated rings. The lowest BCUT2D eigenvalue weighted by Gasteiger charge is -2.07. The Balaban J connectivity index is 1.42. The van der Waals surface area contributed by atoms with Crippen molar-refractivity contribution < 1.29 is 14.6 Å². The van der Waals surface area contributed by atoms with Crippen LogP contribution in [0.5, 0.6) is 11.5 Å². The lowest BCUT2D eigenvalue weighted by molar-refractivity contribution is -0.385. The van der Waals surface area contributed by atoms with Crippen LogP contribution in [0.2, 0.25) is 0 Å². The summed E-state index contributed by atoms with van der Waals surface area (Å²) >= 11 is 1.27. The molecule has 0 saturated carbocycles. The average molecular weight is 435 g/mol. The van der Waals surface area contributed by atoms with Crippen molar-refractivity contribution in [3.05, 3.63) is 93.0 Å². The SMILES string of the molecule is O=[N+]([O-])c1ccc(Oc2ccc(Nc3nnc(-c4cccc([N+](=O)[O-])c4)s3)cc2)cc1. The molecule has 0 saturated heterocycles. The summed E-state index contributed by atoms with van der Waals surface area (Å²) in [4.78, 5) is 20.7. The zero-order valence-corrected chi connectivity index (χ0v) is 16.5. The lowest BCUT2D eigenvalue weighted by Crippen LogP contribution is -1.90. The number of nitro groups is 2. The molecule has 10 nitrogen and oxygen atoms in total. The molecule has 0 amide bonds. The molecule has 0 aliphatic rings. The summed E-state index contributed by atoms with van der Waals surface area (Å²) in [5, 5.41) is 34.0. The fourth-order valence-electron chi connectivity index (χ4n) is 2.64. The van der Waals surface area contributed by atoms with Gasteiger partial charge in [0.15, 0.2) is 0 Å². The van der Waals surface area contributed by atoms with Gasteiger partial charge in [-0.25, -0.2) is 0 Å². The monoisotopic (exact) mass is 435 g/mol. The molecule has 0 aliphatic carbocycles. The van der Waals surface area contributed by atoms with Gasteiger partial charge >= 0.3 is 0 Å². The van der Waals surface area contributed by atoms with Crippen LogP contribution in [0.15, 0.2) is 72.8 Å². The van der Waals surface area contributed by atoms with Crippen LogP contribution in [0.3, 0.4) is 0 Å². The average Bonchev–Trinajstić information content (AvgIpc) is 3.24. The predicted molar refractivity (Wildman–Crippen MR) is 115 cm³/mol. The standard InChI is InChI=1S/C20H13N5O5S/c26-24(27)15-6-10-18(11-7-15)30-17-8-4-14(5-9-17)21-20-23-22-19(31-20)13-2-1-3-16(12-13)25(28)29/h1-12H,(H,21,23). The molecule has 0 unspecified atom stereocenters. The van der Waals surface area contributed by atoms with Crippen molar-refractivity contribution in [1.82, 2.24) is 10.2 Å². The molecular formula is C20H13N5O5S. The molecule has 154 valence electrons. The van der Waals surface area contributed by atoms with Crippen molar-refractivity contribution in [3.8, 4) is 22.1 Å². The highest BCUT2D eigenvalue weighted by Crippen LogP contribution is 2.31. The maximum atomic E-state index is 10.9. The minimum atomic E-state index is -0.470. The normalized spacial score (nSPS) is 10.5. The van der Waals surface area contributed by atoms with Gasteiger partial charge in [-0.1, -0.05) is 23.5 Å². The number of nitrogens with one attached hydrogen (secondary N) is 1. The van der Waals surface area contributed by atoms with E-state index in [4.69, 9.17) is 4.74 Å². The molecule has 4 aromatic rings. The van der Waals surface area contributed by atoms with Crippen LogP contribution in [0.25, 0.3) is 10.6 Å². The largest absolute Gasteiger partial charge is 0.457 e.